The standard InChI is InChI=1S/C21H22N4O5/c1-27-16-7-14(8-17(10-16)28-2)21(26)25-23-12-15-11-22-24-20(15)13-5-6-18(29-3)19(9-13)30-4/h5-12H,1-4H3,(H,22,24)(H,25,26). The van der Waals surface area contributed by atoms with Crippen LogP contribution in [0.4, 0.5) is 0 Å². The minimum absolute atomic E-state index is 0.357. The van der Waals surface area contributed by atoms with Gasteiger partial charge in [-0.15, -0.1) is 0 Å². The number of aromatic amines is 1. The Labute approximate surface area is 173 Å². The van der Waals surface area contributed by atoms with Crippen molar-refractivity contribution in [2.75, 3.05) is 28.4 Å². The number of hydrazone groups is 1. The number of hydrogen-bond donors (Lipinski definition) is 2. The first-order valence-electron chi connectivity index (χ1n) is 8.91. The van der Waals surface area contributed by atoms with Crippen molar-refractivity contribution < 1.29 is 23.7 Å². The van der Waals surface area contributed by atoms with Gasteiger partial charge in [0.15, 0.2) is 11.5 Å². The minimum Gasteiger partial charge on any atom is -0.497 e. The van der Waals surface area contributed by atoms with Gasteiger partial charge in [-0.3, -0.25) is 9.89 Å². The summed E-state index contributed by atoms with van der Waals surface area (Å²) in [6.45, 7) is 0. The number of carbonyl (C=O) groups is 1. The second-order valence-corrected chi connectivity index (χ2v) is 6.07. The summed E-state index contributed by atoms with van der Waals surface area (Å²) in [4.78, 5) is 12.4. The Balaban J connectivity index is 1.77. The molecule has 30 heavy (non-hydrogen) atoms. The molecule has 0 saturated heterocycles. The van der Waals surface area contributed by atoms with Gasteiger partial charge in [-0.25, -0.2) is 5.43 Å². The summed E-state index contributed by atoms with van der Waals surface area (Å²) in [6.07, 6.45) is 3.11. The third kappa shape index (κ3) is 4.52. The maximum absolute atomic E-state index is 12.4. The summed E-state index contributed by atoms with van der Waals surface area (Å²) in [5.74, 6) is 1.83. The van der Waals surface area contributed by atoms with Crippen LogP contribution in [0.5, 0.6) is 23.0 Å². The average molecular weight is 410 g/mol. The molecule has 0 unspecified atom stereocenters. The molecule has 0 aliphatic heterocycles. The highest BCUT2D eigenvalue weighted by atomic mass is 16.5. The molecule has 2 aromatic carbocycles. The van der Waals surface area contributed by atoms with Gasteiger partial charge in [0.25, 0.3) is 5.91 Å². The van der Waals surface area contributed by atoms with E-state index in [0.717, 1.165) is 11.3 Å². The van der Waals surface area contributed by atoms with Crippen molar-refractivity contribution in [2.24, 2.45) is 5.10 Å². The lowest BCUT2D eigenvalue weighted by atomic mass is 10.1. The van der Waals surface area contributed by atoms with Crippen molar-refractivity contribution in [3.8, 4) is 34.3 Å². The maximum atomic E-state index is 12.4. The van der Waals surface area contributed by atoms with Crippen molar-refractivity contribution in [1.82, 2.24) is 15.6 Å². The number of amides is 1. The molecule has 0 atom stereocenters. The van der Waals surface area contributed by atoms with E-state index in [2.05, 4.69) is 20.7 Å². The van der Waals surface area contributed by atoms with Crippen molar-refractivity contribution in [1.29, 1.82) is 0 Å². The van der Waals surface area contributed by atoms with Gasteiger partial charge in [0, 0.05) is 22.8 Å². The highest BCUT2D eigenvalue weighted by Crippen LogP contribution is 2.32. The fourth-order valence-corrected chi connectivity index (χ4v) is 2.78. The van der Waals surface area contributed by atoms with Crippen LogP contribution in [0.15, 0.2) is 47.7 Å². The molecule has 1 heterocycles. The summed E-state index contributed by atoms with van der Waals surface area (Å²) < 4.78 is 21.0. The molecule has 0 fully saturated rings. The molecule has 1 aromatic heterocycles. The lowest BCUT2D eigenvalue weighted by molar-refractivity contribution is 0.0954. The lowest BCUT2D eigenvalue weighted by Crippen LogP contribution is -2.17. The Morgan fingerprint density at radius 3 is 2.30 bits per heavy atom. The molecular weight excluding hydrogens is 388 g/mol. The highest BCUT2D eigenvalue weighted by molar-refractivity contribution is 5.96. The van der Waals surface area contributed by atoms with Crippen LogP contribution >= 0.6 is 0 Å². The zero-order chi connectivity index (χ0) is 21.5. The molecule has 0 saturated carbocycles. The first kappa shape index (κ1) is 20.7. The topological polar surface area (TPSA) is 107 Å². The fraction of sp³-hybridized carbons (Fsp3) is 0.190. The summed E-state index contributed by atoms with van der Waals surface area (Å²) in [6, 6.07) is 10.4. The Bertz CT molecular complexity index is 1040. The van der Waals surface area contributed by atoms with Crippen LogP contribution in [-0.2, 0) is 0 Å². The molecule has 3 rings (SSSR count). The smallest absolute Gasteiger partial charge is 0.271 e. The first-order chi connectivity index (χ1) is 14.6. The Hall–Kier alpha value is -4.01. The number of benzene rings is 2. The van der Waals surface area contributed by atoms with Gasteiger partial charge in [0.1, 0.15) is 11.5 Å². The number of H-pyrrole nitrogens is 1. The molecule has 0 bridgehead atoms. The Morgan fingerprint density at radius 1 is 0.967 bits per heavy atom. The second kappa shape index (κ2) is 9.46. The van der Waals surface area contributed by atoms with E-state index in [9.17, 15) is 4.79 Å². The van der Waals surface area contributed by atoms with Crippen molar-refractivity contribution in [2.45, 2.75) is 0 Å². The number of aromatic nitrogens is 2. The summed E-state index contributed by atoms with van der Waals surface area (Å²) in [5, 5.41) is 11.0. The molecule has 9 heteroatoms. The third-order valence-corrected chi connectivity index (χ3v) is 4.32. The molecule has 0 radical (unpaired) electrons. The van der Waals surface area contributed by atoms with Crippen LogP contribution in [-0.4, -0.2) is 50.8 Å². The summed E-state index contributed by atoms with van der Waals surface area (Å²) in [5.41, 5.74) is 5.08. The maximum Gasteiger partial charge on any atom is 0.271 e. The van der Waals surface area contributed by atoms with E-state index in [1.807, 2.05) is 12.1 Å². The van der Waals surface area contributed by atoms with E-state index in [1.54, 1.807) is 44.7 Å². The van der Waals surface area contributed by atoms with Gasteiger partial charge < -0.3 is 18.9 Å². The van der Waals surface area contributed by atoms with Crippen molar-refractivity contribution >= 4 is 12.1 Å². The molecule has 9 nitrogen and oxygen atoms in total. The number of nitrogens with one attached hydrogen (secondary N) is 2. The predicted molar refractivity (Wildman–Crippen MR) is 112 cm³/mol. The fourth-order valence-electron chi connectivity index (χ4n) is 2.78. The largest absolute Gasteiger partial charge is 0.497 e. The van der Waals surface area contributed by atoms with Gasteiger partial charge in [-0.05, 0) is 30.3 Å². The van der Waals surface area contributed by atoms with Crippen LogP contribution in [0.25, 0.3) is 11.3 Å². The van der Waals surface area contributed by atoms with E-state index in [1.165, 1.54) is 20.4 Å². The molecule has 3 aromatic rings. The van der Waals surface area contributed by atoms with Crippen LogP contribution in [0, 0.1) is 0 Å². The van der Waals surface area contributed by atoms with E-state index in [-0.39, 0.29) is 0 Å². The van der Waals surface area contributed by atoms with Crippen molar-refractivity contribution in [3.05, 3.63) is 53.7 Å². The number of rotatable bonds is 8. The van der Waals surface area contributed by atoms with Crippen LogP contribution in [0.3, 0.4) is 0 Å². The first-order valence-corrected chi connectivity index (χ1v) is 8.91. The van der Waals surface area contributed by atoms with Crippen molar-refractivity contribution in [3.63, 3.8) is 0 Å². The van der Waals surface area contributed by atoms with Gasteiger partial charge in [0.05, 0.1) is 46.5 Å². The minimum atomic E-state index is -0.403. The van der Waals surface area contributed by atoms with E-state index < -0.39 is 5.91 Å². The molecule has 1 amide bonds. The lowest BCUT2D eigenvalue weighted by Gasteiger charge is -2.09. The quantitative estimate of drug-likeness (QED) is 0.437. The van der Waals surface area contributed by atoms with Crippen LogP contribution in [0.1, 0.15) is 15.9 Å². The number of ether oxygens (including phenoxy) is 4. The van der Waals surface area contributed by atoms with E-state index >= 15 is 0 Å². The van der Waals surface area contributed by atoms with Crippen LogP contribution < -0.4 is 24.4 Å². The molecule has 0 spiro atoms. The normalized spacial score (nSPS) is 10.7. The summed E-state index contributed by atoms with van der Waals surface area (Å²) >= 11 is 0. The highest BCUT2D eigenvalue weighted by Gasteiger charge is 2.12. The Kier molecular flexibility index (Phi) is 6.53. The zero-order valence-electron chi connectivity index (χ0n) is 17.1. The van der Waals surface area contributed by atoms with Gasteiger partial charge in [-0.2, -0.15) is 10.2 Å². The van der Waals surface area contributed by atoms with E-state index in [0.29, 0.717) is 34.1 Å². The number of methoxy groups -OCH3 is 4. The molecular formula is C21H22N4O5. The van der Waals surface area contributed by atoms with Gasteiger partial charge in [-0.1, -0.05) is 0 Å². The molecule has 156 valence electrons. The van der Waals surface area contributed by atoms with E-state index in [4.69, 9.17) is 18.9 Å². The number of nitrogens with zero attached hydrogens (tertiary/aromatic N) is 2. The SMILES string of the molecule is COc1cc(OC)cc(C(=O)NN=Cc2cn[nH]c2-c2ccc(OC)c(OC)c2)c1. The zero-order valence-corrected chi connectivity index (χ0v) is 17.1. The monoisotopic (exact) mass is 410 g/mol. The van der Waals surface area contributed by atoms with Crippen LogP contribution in [0.2, 0.25) is 0 Å². The Morgan fingerprint density at radius 2 is 1.67 bits per heavy atom. The third-order valence-electron chi connectivity index (χ3n) is 4.32. The van der Waals surface area contributed by atoms with Gasteiger partial charge in [0.2, 0.25) is 0 Å². The summed E-state index contributed by atoms with van der Waals surface area (Å²) in [7, 11) is 6.18. The molecule has 2 N–H and O–H groups in total. The molecule has 0 aliphatic rings. The predicted octanol–water partition coefficient (Wildman–Crippen LogP) is 2.88. The number of carbonyl (C=O) groups excluding carboxylic acids is 1. The number of hydrogen-bond acceptors (Lipinski definition) is 7. The second-order valence-electron chi connectivity index (χ2n) is 6.07. The average Bonchev–Trinajstić information content (AvgIpc) is 3.26. The molecule has 0 aliphatic carbocycles. The van der Waals surface area contributed by atoms with Gasteiger partial charge >= 0.3 is 0 Å².